The van der Waals surface area contributed by atoms with Crippen molar-refractivity contribution < 1.29 is 9.53 Å². The van der Waals surface area contributed by atoms with Crippen LogP contribution in [-0.2, 0) is 4.74 Å². The van der Waals surface area contributed by atoms with Gasteiger partial charge in [-0.2, -0.15) is 0 Å². The quantitative estimate of drug-likeness (QED) is 0.761. The summed E-state index contributed by atoms with van der Waals surface area (Å²) in [6.45, 7) is 4.37. The number of hydrogen-bond donors (Lipinski definition) is 0. The molecule has 1 aromatic heterocycles. The molecule has 0 aromatic carbocycles. The van der Waals surface area contributed by atoms with Gasteiger partial charge in [0.2, 0.25) is 0 Å². The van der Waals surface area contributed by atoms with Gasteiger partial charge in [-0.1, -0.05) is 6.92 Å². The topological polar surface area (TPSA) is 42.4 Å². The van der Waals surface area contributed by atoms with Gasteiger partial charge >= 0.3 is 5.97 Å². The molecule has 4 nitrogen and oxygen atoms in total. The Kier molecular flexibility index (Phi) is 3.99. The van der Waals surface area contributed by atoms with Gasteiger partial charge in [0, 0.05) is 18.5 Å². The lowest BCUT2D eigenvalue weighted by molar-refractivity contribution is 0.0595. The molecule has 0 N–H and O–H groups in total. The van der Waals surface area contributed by atoms with Gasteiger partial charge in [0.15, 0.2) is 10.8 Å². The summed E-state index contributed by atoms with van der Waals surface area (Å²) < 4.78 is 4.67. The third-order valence-corrected chi connectivity index (χ3v) is 4.08. The summed E-state index contributed by atoms with van der Waals surface area (Å²) in [5.41, 5.74) is 0.421. The molecular weight excluding hydrogens is 236 g/mol. The second kappa shape index (κ2) is 5.49. The molecule has 0 amide bonds. The predicted octanol–water partition coefficient (Wildman–Crippen LogP) is 2.56. The van der Waals surface area contributed by atoms with Crippen LogP contribution in [0.15, 0.2) is 5.38 Å². The van der Waals surface area contributed by atoms with Gasteiger partial charge in [-0.3, -0.25) is 0 Å². The van der Waals surface area contributed by atoms with Crippen LogP contribution in [0.25, 0.3) is 0 Å². The Bertz CT molecular complexity index is 392. The Morgan fingerprint density at radius 1 is 1.53 bits per heavy atom. The number of thiazole rings is 1. The molecule has 1 unspecified atom stereocenters. The summed E-state index contributed by atoms with van der Waals surface area (Å²) in [7, 11) is 1.38. The molecule has 1 saturated heterocycles. The monoisotopic (exact) mass is 254 g/mol. The van der Waals surface area contributed by atoms with Crippen molar-refractivity contribution in [2.24, 2.45) is 5.92 Å². The van der Waals surface area contributed by atoms with Crippen molar-refractivity contribution in [1.29, 1.82) is 0 Å². The SMILES string of the molecule is COC(=O)c1csc(N2CCCC(C)CC2)n1. The number of nitrogens with zero attached hydrogens (tertiary/aromatic N) is 2. The molecule has 1 fully saturated rings. The summed E-state index contributed by atoms with van der Waals surface area (Å²) in [6, 6.07) is 0. The summed E-state index contributed by atoms with van der Waals surface area (Å²) in [6.07, 6.45) is 3.69. The average Bonchev–Trinajstić information content (AvgIpc) is 2.72. The van der Waals surface area contributed by atoms with E-state index in [4.69, 9.17) is 0 Å². The van der Waals surface area contributed by atoms with Crippen LogP contribution in [0.3, 0.4) is 0 Å². The maximum atomic E-state index is 11.3. The van der Waals surface area contributed by atoms with Crippen molar-refractivity contribution in [3.8, 4) is 0 Å². The fourth-order valence-electron chi connectivity index (χ4n) is 2.06. The number of anilines is 1. The zero-order valence-corrected chi connectivity index (χ0v) is 11.1. The number of esters is 1. The first-order chi connectivity index (χ1) is 8.20. The highest BCUT2D eigenvalue weighted by molar-refractivity contribution is 7.13. The van der Waals surface area contributed by atoms with Crippen LogP contribution in [0.2, 0.25) is 0 Å². The fourth-order valence-corrected chi connectivity index (χ4v) is 2.91. The number of aromatic nitrogens is 1. The molecule has 2 rings (SSSR count). The molecule has 2 heterocycles. The van der Waals surface area contributed by atoms with Crippen LogP contribution in [0.1, 0.15) is 36.7 Å². The standard InChI is InChI=1S/C12H18N2O2S/c1-9-4-3-6-14(7-5-9)12-13-10(8-17-12)11(15)16-2/h8-9H,3-7H2,1-2H3. The normalized spacial score (nSPS) is 21.1. The molecule has 1 aromatic rings. The van der Waals surface area contributed by atoms with Crippen molar-refractivity contribution >= 4 is 22.4 Å². The molecule has 0 bridgehead atoms. The van der Waals surface area contributed by atoms with Crippen LogP contribution < -0.4 is 4.90 Å². The predicted molar refractivity (Wildman–Crippen MR) is 68.7 cm³/mol. The second-order valence-electron chi connectivity index (χ2n) is 4.53. The average molecular weight is 254 g/mol. The molecule has 1 aliphatic heterocycles. The maximum absolute atomic E-state index is 11.3. The molecule has 5 heteroatoms. The van der Waals surface area contributed by atoms with Crippen molar-refractivity contribution in [2.45, 2.75) is 26.2 Å². The Hall–Kier alpha value is -1.10. The number of rotatable bonds is 2. The minimum atomic E-state index is -0.351. The number of ether oxygens (including phenoxy) is 1. The van der Waals surface area contributed by atoms with Gasteiger partial charge in [-0.25, -0.2) is 9.78 Å². The van der Waals surface area contributed by atoms with Crippen molar-refractivity contribution in [1.82, 2.24) is 4.98 Å². The summed E-state index contributed by atoms with van der Waals surface area (Å²) in [5, 5.41) is 2.72. The molecule has 0 radical (unpaired) electrons. The zero-order valence-electron chi connectivity index (χ0n) is 10.3. The van der Waals surface area contributed by atoms with Gasteiger partial charge < -0.3 is 9.64 Å². The Balaban J connectivity index is 2.06. The van der Waals surface area contributed by atoms with Crippen LogP contribution in [0.4, 0.5) is 5.13 Å². The highest BCUT2D eigenvalue weighted by Gasteiger charge is 2.18. The smallest absolute Gasteiger partial charge is 0.357 e. The van der Waals surface area contributed by atoms with Crippen molar-refractivity contribution in [2.75, 3.05) is 25.1 Å². The molecule has 1 atom stereocenters. The number of methoxy groups -OCH3 is 1. The molecule has 17 heavy (non-hydrogen) atoms. The lowest BCUT2D eigenvalue weighted by Gasteiger charge is -2.18. The molecule has 0 aliphatic carbocycles. The van der Waals surface area contributed by atoms with Crippen LogP contribution >= 0.6 is 11.3 Å². The van der Waals surface area contributed by atoms with Gasteiger partial charge in [0.05, 0.1) is 7.11 Å². The van der Waals surface area contributed by atoms with Gasteiger partial charge in [-0.05, 0) is 25.2 Å². The summed E-state index contributed by atoms with van der Waals surface area (Å²) in [5.74, 6) is 0.440. The van der Waals surface area contributed by atoms with Crippen LogP contribution in [0, 0.1) is 5.92 Å². The van der Waals surface area contributed by atoms with E-state index in [1.54, 1.807) is 5.38 Å². The van der Waals surface area contributed by atoms with E-state index in [1.807, 2.05) is 0 Å². The van der Waals surface area contributed by atoms with E-state index in [-0.39, 0.29) is 5.97 Å². The molecular formula is C12H18N2O2S. The van der Waals surface area contributed by atoms with E-state index in [1.165, 1.54) is 37.7 Å². The van der Waals surface area contributed by atoms with E-state index < -0.39 is 0 Å². The maximum Gasteiger partial charge on any atom is 0.357 e. The number of carbonyl (C=O) groups excluding carboxylic acids is 1. The molecule has 1 aliphatic rings. The minimum Gasteiger partial charge on any atom is -0.464 e. The van der Waals surface area contributed by atoms with Crippen LogP contribution in [-0.4, -0.2) is 31.2 Å². The number of hydrogen-bond acceptors (Lipinski definition) is 5. The van der Waals surface area contributed by atoms with Crippen molar-refractivity contribution in [3.63, 3.8) is 0 Å². The van der Waals surface area contributed by atoms with E-state index in [2.05, 4.69) is 21.5 Å². The first-order valence-corrected chi connectivity index (χ1v) is 6.87. The Labute approximate surface area is 106 Å². The van der Waals surface area contributed by atoms with Gasteiger partial charge in [0.1, 0.15) is 0 Å². The highest BCUT2D eigenvalue weighted by atomic mass is 32.1. The minimum absolute atomic E-state index is 0.351. The lowest BCUT2D eigenvalue weighted by atomic mass is 10.0. The largest absolute Gasteiger partial charge is 0.464 e. The van der Waals surface area contributed by atoms with Crippen LogP contribution in [0.5, 0.6) is 0 Å². The molecule has 94 valence electrons. The van der Waals surface area contributed by atoms with E-state index in [0.29, 0.717) is 5.69 Å². The lowest BCUT2D eigenvalue weighted by Crippen LogP contribution is -2.24. The van der Waals surface area contributed by atoms with Gasteiger partial charge in [-0.15, -0.1) is 11.3 Å². The van der Waals surface area contributed by atoms with E-state index in [9.17, 15) is 4.79 Å². The van der Waals surface area contributed by atoms with E-state index >= 15 is 0 Å². The highest BCUT2D eigenvalue weighted by Crippen LogP contribution is 2.25. The molecule has 0 spiro atoms. The van der Waals surface area contributed by atoms with E-state index in [0.717, 1.165) is 24.1 Å². The zero-order chi connectivity index (χ0) is 12.3. The second-order valence-corrected chi connectivity index (χ2v) is 5.37. The first-order valence-electron chi connectivity index (χ1n) is 5.99. The Morgan fingerprint density at radius 2 is 2.35 bits per heavy atom. The Morgan fingerprint density at radius 3 is 3.12 bits per heavy atom. The third kappa shape index (κ3) is 2.97. The van der Waals surface area contributed by atoms with Gasteiger partial charge in [0.25, 0.3) is 0 Å². The number of carbonyl (C=O) groups is 1. The van der Waals surface area contributed by atoms with Crippen molar-refractivity contribution in [3.05, 3.63) is 11.1 Å². The fraction of sp³-hybridized carbons (Fsp3) is 0.667. The third-order valence-electron chi connectivity index (χ3n) is 3.17. The summed E-state index contributed by atoms with van der Waals surface area (Å²) >= 11 is 1.52. The first kappa shape index (κ1) is 12.4. The molecule has 0 saturated carbocycles. The summed E-state index contributed by atoms with van der Waals surface area (Å²) in [4.78, 5) is 18.0.